The molecule has 440 valence electrons. The number of hydrogen-bond donors (Lipinski definition) is 0. The molecule has 3 aromatic heterocycles. The minimum atomic E-state index is -0.758. The maximum atomic E-state index is 10.2. The van der Waals surface area contributed by atoms with E-state index < -0.39 is 79.2 Å². The smallest absolute Gasteiger partial charge is 0.252 e. The molecule has 0 unspecified atom stereocenters. The van der Waals surface area contributed by atoms with Crippen LogP contribution in [0.1, 0.15) is 20.6 Å². The zero-order valence-electron chi connectivity index (χ0n) is 65.6. The van der Waals surface area contributed by atoms with Crippen LogP contribution in [0.5, 0.6) is 0 Å². The summed E-state index contributed by atoms with van der Waals surface area (Å²) in [5.41, 5.74) is 14.7. The van der Waals surface area contributed by atoms with Crippen LogP contribution in [-0.2, 0) is 0 Å². The molecule has 0 saturated heterocycles. The highest BCUT2D eigenvalue weighted by Gasteiger charge is 2.45. The summed E-state index contributed by atoms with van der Waals surface area (Å²) < 4.78 is 147. The highest BCUT2D eigenvalue weighted by molar-refractivity contribution is 7.00. The molecule has 4 nitrogen and oxygen atoms in total. The number of nitrogens with zero attached hydrogens (tertiary/aromatic N) is 4. The third-order valence-electron chi connectivity index (χ3n) is 19.4. The molecule has 0 radical (unpaired) electrons. The van der Waals surface area contributed by atoms with E-state index in [9.17, 15) is 17.8 Å². The first kappa shape index (κ1) is 40.4. The van der Waals surface area contributed by atoms with Crippen molar-refractivity contribution in [1.29, 1.82) is 0 Å². The highest BCUT2D eigenvalue weighted by atomic mass is 15.2. The van der Waals surface area contributed by atoms with Gasteiger partial charge in [-0.1, -0.05) is 291 Å². The number of rotatable bonds is 7. The monoisotopic (exact) mass is 1220 g/mol. The molecule has 95 heavy (non-hydrogen) atoms. The van der Waals surface area contributed by atoms with Crippen molar-refractivity contribution in [3.05, 3.63) is 345 Å². The van der Waals surface area contributed by atoms with Gasteiger partial charge in [-0.25, -0.2) is 0 Å². The van der Waals surface area contributed by atoms with Gasteiger partial charge in [0.25, 0.3) is 6.71 Å². The molecule has 2 aliphatic rings. The molecule has 20 rings (SSSR count). The van der Waals surface area contributed by atoms with Crippen molar-refractivity contribution >= 4 is 139 Å². The molecule has 2 aliphatic heterocycles. The van der Waals surface area contributed by atoms with E-state index in [0.717, 1.165) is 94.4 Å². The SMILES string of the molecule is [2H]c1c([2H])c([2H])c2c(c1[2H])c1c([2H])c([2H])c([2H])c([2H])c1n2-c1ccc2c(c1)N(c1c(-c3ccccc3)cccc1-c1ccccc1)c1cc(-c3ccccc3)cc3c1B2c1cc2c4ccccc4c4ccccc4c4c([2H])c([2H])c([2H])c5c6c([2H])c([2H])c([2H])c([2H])c6n(c2cc1N3c1ccccc1-c1ccccc1)c45. The second kappa shape index (κ2) is 21.1. The van der Waals surface area contributed by atoms with Gasteiger partial charge in [-0.2, -0.15) is 0 Å². The Morgan fingerprint density at radius 3 is 1.33 bits per heavy atom. The minimum absolute atomic E-state index is 0.0340. The predicted molar refractivity (Wildman–Crippen MR) is 404 cm³/mol. The summed E-state index contributed by atoms with van der Waals surface area (Å²) in [6.07, 6.45) is 0. The van der Waals surface area contributed by atoms with Crippen molar-refractivity contribution in [1.82, 2.24) is 8.97 Å². The van der Waals surface area contributed by atoms with E-state index in [-0.39, 0.29) is 67.1 Å². The molecule has 0 aliphatic carbocycles. The summed E-state index contributed by atoms with van der Waals surface area (Å²) in [7, 11) is 0. The summed E-state index contributed by atoms with van der Waals surface area (Å²) in [4.78, 5) is 4.62. The van der Waals surface area contributed by atoms with Crippen LogP contribution >= 0.6 is 0 Å². The van der Waals surface area contributed by atoms with Crippen LogP contribution < -0.4 is 26.2 Å². The third kappa shape index (κ3) is 7.97. The van der Waals surface area contributed by atoms with Gasteiger partial charge in [-0.15, -0.1) is 0 Å². The van der Waals surface area contributed by atoms with Gasteiger partial charge in [-0.3, -0.25) is 0 Å². The lowest BCUT2D eigenvalue weighted by Gasteiger charge is -2.45. The van der Waals surface area contributed by atoms with Crippen molar-refractivity contribution < 1.29 is 20.6 Å². The number of hydrogen-bond acceptors (Lipinski definition) is 2. The van der Waals surface area contributed by atoms with Crippen LogP contribution in [0.2, 0.25) is 0 Å². The first-order valence-corrected chi connectivity index (χ1v) is 31.7. The minimum Gasteiger partial charge on any atom is -0.311 e. The highest BCUT2D eigenvalue weighted by Crippen LogP contribution is 2.53. The fraction of sp³-hybridized carbons (Fsp3) is 0. The lowest BCUT2D eigenvalue weighted by atomic mass is 9.33. The Morgan fingerprint density at radius 2 is 0.716 bits per heavy atom. The van der Waals surface area contributed by atoms with Crippen molar-refractivity contribution in [2.45, 2.75) is 0 Å². The van der Waals surface area contributed by atoms with Gasteiger partial charge < -0.3 is 18.8 Å². The van der Waals surface area contributed by atoms with E-state index in [1.165, 1.54) is 0 Å². The molecule has 15 aromatic carbocycles. The van der Waals surface area contributed by atoms with E-state index in [0.29, 0.717) is 38.7 Å². The largest absolute Gasteiger partial charge is 0.311 e. The maximum absolute atomic E-state index is 10.2. The Kier molecular flexibility index (Phi) is 8.96. The van der Waals surface area contributed by atoms with E-state index in [1.54, 1.807) is 4.57 Å². The van der Waals surface area contributed by atoms with Gasteiger partial charge in [-0.05, 0) is 120 Å². The molecule has 5 heteroatoms. The van der Waals surface area contributed by atoms with Crippen molar-refractivity contribution in [2.24, 2.45) is 0 Å². The third-order valence-corrected chi connectivity index (χ3v) is 19.4. The quantitative estimate of drug-likeness (QED) is 0.148. The van der Waals surface area contributed by atoms with Crippen LogP contribution in [0.3, 0.4) is 0 Å². The van der Waals surface area contributed by atoms with Gasteiger partial charge in [0.1, 0.15) is 0 Å². The van der Waals surface area contributed by atoms with Gasteiger partial charge in [0.05, 0.1) is 59.5 Å². The van der Waals surface area contributed by atoms with Crippen LogP contribution in [-0.4, -0.2) is 15.7 Å². The number of anilines is 6. The average Bonchev–Trinajstić information content (AvgIpc) is 1.10. The molecule has 0 amide bonds. The fourth-order valence-corrected chi connectivity index (χ4v) is 15.4. The lowest BCUT2D eigenvalue weighted by Crippen LogP contribution is -2.61. The fourth-order valence-electron chi connectivity index (χ4n) is 15.4. The summed E-state index contributed by atoms with van der Waals surface area (Å²) in [6.45, 7) is -0.758. The zero-order chi connectivity index (χ0) is 75.3. The maximum Gasteiger partial charge on any atom is 0.252 e. The predicted octanol–water partition coefficient (Wildman–Crippen LogP) is 22.1. The second-order valence-corrected chi connectivity index (χ2v) is 24.3. The van der Waals surface area contributed by atoms with E-state index >= 15 is 0 Å². The van der Waals surface area contributed by atoms with Crippen LogP contribution in [0.15, 0.2) is 345 Å². The molecule has 5 heterocycles. The molecule has 0 spiro atoms. The average molecular weight is 1220 g/mol. The molecule has 0 N–H and O–H groups in total. The number of para-hydroxylation sites is 6. The molecule has 0 atom stereocenters. The van der Waals surface area contributed by atoms with E-state index in [4.69, 9.17) is 2.74 Å². The molecule has 18 aromatic rings. The number of fused-ring (bicyclic) bond motifs is 17. The van der Waals surface area contributed by atoms with Crippen LogP contribution in [0.4, 0.5) is 34.1 Å². The first-order chi connectivity index (χ1) is 53.4. The van der Waals surface area contributed by atoms with Crippen molar-refractivity contribution in [2.75, 3.05) is 9.80 Å². The number of aromatic nitrogens is 2. The number of benzene rings is 15. The van der Waals surface area contributed by atoms with Crippen molar-refractivity contribution in [3.8, 4) is 50.2 Å². The van der Waals surface area contributed by atoms with Crippen LogP contribution in [0, 0.1) is 0 Å². The van der Waals surface area contributed by atoms with Gasteiger partial charge in [0, 0.05) is 77.4 Å². The lowest BCUT2D eigenvalue weighted by molar-refractivity contribution is 1.17. The van der Waals surface area contributed by atoms with Crippen molar-refractivity contribution in [3.63, 3.8) is 0 Å². The Hall–Kier alpha value is -12.4. The molecular weight excluding hydrogens is 1150 g/mol. The van der Waals surface area contributed by atoms with E-state index in [1.807, 2.05) is 156 Å². The molecular formula is C90H57BN4. The Bertz CT molecular complexity index is 7040. The van der Waals surface area contributed by atoms with Crippen LogP contribution in [0.25, 0.3) is 132 Å². The van der Waals surface area contributed by atoms with E-state index in [2.05, 4.69) is 113 Å². The zero-order valence-corrected chi connectivity index (χ0v) is 50.6. The standard InChI is InChI=1S/C90H57BN4/c1-5-27-58(28-6-1)62-53-86-88-87(54-62)95(89-65(60-31-9-3-10-32-60)43-25-44-66(89)61-33-11-4-12-34-61)84-55-63(92-80-48-22-18-40-71(80)72-41-19-23-49-81(72)92)51-52-77(84)91(88)78-56-76-70-39-16-14-37-68(70)67-36-13-15-38-69(67)74-45-26-46-75-73-42-20-24-50-82(73)94(90(74)75)83(76)57-85(78)93(86)79-47-21-17-35-64(79)59-29-7-2-8-30-59/h1-57H/i18D,19D,20D,22D,23D,24D,26D,40D,41D,42D,45D,46D,48D,49D,50D. The van der Waals surface area contributed by atoms with Gasteiger partial charge in [0.15, 0.2) is 0 Å². The summed E-state index contributed by atoms with van der Waals surface area (Å²) >= 11 is 0. The Labute approximate surface area is 571 Å². The summed E-state index contributed by atoms with van der Waals surface area (Å²) in [6, 6.07) is 78.7. The second-order valence-electron chi connectivity index (χ2n) is 24.3. The molecule has 0 saturated carbocycles. The Morgan fingerprint density at radius 1 is 0.263 bits per heavy atom. The first-order valence-electron chi connectivity index (χ1n) is 39.2. The molecule has 0 bridgehead atoms. The Balaban J connectivity index is 1.05. The molecule has 0 fully saturated rings. The van der Waals surface area contributed by atoms with Gasteiger partial charge >= 0.3 is 0 Å². The summed E-state index contributed by atoms with van der Waals surface area (Å²) in [5, 5.41) is 3.65. The topological polar surface area (TPSA) is 15.8 Å². The normalized spacial score (nSPS) is 14.8. The summed E-state index contributed by atoms with van der Waals surface area (Å²) in [5.74, 6) is 0. The van der Waals surface area contributed by atoms with Gasteiger partial charge in [0.2, 0.25) is 0 Å².